The zero-order chi connectivity index (χ0) is 12.6. The van der Waals surface area contributed by atoms with Crippen LogP contribution in [0.25, 0.3) is 0 Å². The topological polar surface area (TPSA) is 0 Å². The third kappa shape index (κ3) is 2.59. The van der Waals surface area contributed by atoms with Crippen LogP contribution in [-0.2, 0) is 0 Å². The molecule has 1 atom stereocenters. The molecule has 0 bridgehead atoms. The maximum absolute atomic E-state index is 6.17. The van der Waals surface area contributed by atoms with Crippen LogP contribution in [0.2, 0.25) is 5.02 Å². The molecule has 3 heteroatoms. The summed E-state index contributed by atoms with van der Waals surface area (Å²) in [4.78, 5) is 2.94. The van der Waals surface area contributed by atoms with Crippen molar-refractivity contribution in [2.75, 3.05) is 0 Å². The molecule has 0 aliphatic carbocycles. The van der Waals surface area contributed by atoms with Gasteiger partial charge in [-0.1, -0.05) is 39.7 Å². The molecule has 17 heavy (non-hydrogen) atoms. The average molecular weight is 330 g/mol. The summed E-state index contributed by atoms with van der Waals surface area (Å²) in [6.45, 7) is 6.38. The van der Waals surface area contributed by atoms with E-state index in [1.54, 1.807) is 0 Å². The number of hydrogen-bond donors (Lipinski definition) is 0. The van der Waals surface area contributed by atoms with Crippen LogP contribution in [0, 0.1) is 20.8 Å². The number of benzene rings is 1. The molecule has 0 radical (unpaired) electrons. The van der Waals surface area contributed by atoms with E-state index in [2.05, 4.69) is 48.8 Å². The largest absolute Gasteiger partial charge is 0.146 e. The molecular formula is C14H14BrClS. The maximum Gasteiger partial charge on any atom is 0.0658 e. The minimum absolute atomic E-state index is 0.228. The third-order valence-electron chi connectivity index (χ3n) is 2.94. The van der Waals surface area contributed by atoms with Gasteiger partial charge in [0, 0.05) is 14.8 Å². The van der Waals surface area contributed by atoms with Crippen molar-refractivity contribution in [3.63, 3.8) is 0 Å². The minimum Gasteiger partial charge on any atom is -0.146 e. The van der Waals surface area contributed by atoms with Crippen LogP contribution in [0.4, 0.5) is 0 Å². The van der Waals surface area contributed by atoms with Crippen molar-refractivity contribution in [3.8, 4) is 0 Å². The summed E-state index contributed by atoms with van der Waals surface area (Å²) in [5, 5.41) is 0.830. The fourth-order valence-electron chi connectivity index (χ4n) is 1.97. The Morgan fingerprint density at radius 1 is 1.18 bits per heavy atom. The highest BCUT2D eigenvalue weighted by atomic mass is 79.9. The smallest absolute Gasteiger partial charge is 0.0658 e. The van der Waals surface area contributed by atoms with Gasteiger partial charge in [0.05, 0.1) is 4.83 Å². The molecule has 90 valence electrons. The number of hydrogen-bond acceptors (Lipinski definition) is 1. The van der Waals surface area contributed by atoms with Crippen LogP contribution in [0.5, 0.6) is 0 Å². The van der Waals surface area contributed by atoms with E-state index >= 15 is 0 Å². The number of halogens is 2. The molecule has 1 unspecified atom stereocenters. The molecule has 0 saturated carbocycles. The Bertz CT molecular complexity index is 545. The first-order valence-corrected chi connectivity index (χ1v) is 7.57. The van der Waals surface area contributed by atoms with Crippen molar-refractivity contribution in [3.05, 3.63) is 55.7 Å². The van der Waals surface area contributed by atoms with Gasteiger partial charge in [-0.2, -0.15) is 0 Å². The number of alkyl halides is 1. The first-order valence-electron chi connectivity index (χ1n) is 5.46. The lowest BCUT2D eigenvalue weighted by atomic mass is 10.0. The molecule has 0 aliphatic rings. The van der Waals surface area contributed by atoms with Crippen molar-refractivity contribution in [2.24, 2.45) is 0 Å². The zero-order valence-corrected chi connectivity index (χ0v) is 13.2. The molecule has 0 nitrogen and oxygen atoms in total. The van der Waals surface area contributed by atoms with Crippen LogP contribution < -0.4 is 0 Å². The van der Waals surface area contributed by atoms with E-state index in [1.165, 1.54) is 20.9 Å². The van der Waals surface area contributed by atoms with Gasteiger partial charge >= 0.3 is 0 Å². The van der Waals surface area contributed by atoms with Gasteiger partial charge in [-0.15, -0.1) is 11.3 Å². The summed E-state index contributed by atoms with van der Waals surface area (Å²) in [5.41, 5.74) is 3.75. The van der Waals surface area contributed by atoms with Gasteiger partial charge in [-0.3, -0.25) is 0 Å². The third-order valence-corrected chi connectivity index (χ3v) is 5.31. The molecule has 0 aliphatic heterocycles. The predicted molar refractivity (Wildman–Crippen MR) is 80.8 cm³/mol. The van der Waals surface area contributed by atoms with E-state index in [0.717, 1.165) is 10.6 Å². The lowest BCUT2D eigenvalue weighted by Gasteiger charge is -2.14. The van der Waals surface area contributed by atoms with Crippen molar-refractivity contribution < 1.29 is 0 Å². The Balaban J connectivity index is 2.47. The zero-order valence-electron chi connectivity index (χ0n) is 10.1. The normalized spacial score (nSPS) is 12.8. The monoisotopic (exact) mass is 328 g/mol. The van der Waals surface area contributed by atoms with E-state index in [0.29, 0.717) is 0 Å². The quantitative estimate of drug-likeness (QED) is 0.610. The molecule has 0 spiro atoms. The first kappa shape index (κ1) is 13.1. The van der Waals surface area contributed by atoms with Gasteiger partial charge in [-0.25, -0.2) is 0 Å². The SMILES string of the molecule is Cc1cc(C(Br)c2cccc(Cl)c2C)c(C)s1. The van der Waals surface area contributed by atoms with Crippen LogP contribution >= 0.6 is 38.9 Å². The highest BCUT2D eigenvalue weighted by molar-refractivity contribution is 9.09. The van der Waals surface area contributed by atoms with Crippen molar-refractivity contribution >= 4 is 38.9 Å². The number of thiophene rings is 1. The predicted octanol–water partition coefficient (Wildman–Crippen LogP) is 5.81. The van der Waals surface area contributed by atoms with Crippen molar-refractivity contribution in [1.29, 1.82) is 0 Å². The van der Waals surface area contributed by atoms with Crippen LogP contribution in [0.1, 0.15) is 31.3 Å². The lowest BCUT2D eigenvalue weighted by Crippen LogP contribution is -1.96. The standard InChI is InChI=1S/C14H14BrClS/c1-8-7-12(10(3)17-8)14(15)11-5-4-6-13(16)9(11)2/h4-7,14H,1-3H3. The first-order chi connectivity index (χ1) is 8.00. The fourth-order valence-corrected chi connectivity index (χ4v) is 4.24. The number of rotatable bonds is 2. The van der Waals surface area contributed by atoms with Crippen molar-refractivity contribution in [1.82, 2.24) is 0 Å². The summed E-state index contributed by atoms with van der Waals surface area (Å²) < 4.78 is 0. The molecule has 1 aromatic carbocycles. The van der Waals surface area contributed by atoms with E-state index in [-0.39, 0.29) is 4.83 Å². The van der Waals surface area contributed by atoms with E-state index in [1.807, 2.05) is 23.5 Å². The second-order valence-electron chi connectivity index (χ2n) is 4.19. The molecule has 1 heterocycles. The molecule has 1 aromatic heterocycles. The molecule has 0 fully saturated rings. The van der Waals surface area contributed by atoms with Gasteiger partial charge in [0.15, 0.2) is 0 Å². The molecule has 2 aromatic rings. The van der Waals surface area contributed by atoms with Crippen LogP contribution in [0.3, 0.4) is 0 Å². The molecule has 2 rings (SSSR count). The van der Waals surface area contributed by atoms with Gasteiger partial charge in [0.1, 0.15) is 0 Å². The highest BCUT2D eigenvalue weighted by Gasteiger charge is 2.17. The Kier molecular flexibility index (Phi) is 3.96. The van der Waals surface area contributed by atoms with Gasteiger partial charge in [0.2, 0.25) is 0 Å². The Labute approximate surface area is 120 Å². The minimum atomic E-state index is 0.228. The lowest BCUT2D eigenvalue weighted by molar-refractivity contribution is 1.14. The Morgan fingerprint density at radius 3 is 2.47 bits per heavy atom. The van der Waals surface area contributed by atoms with Gasteiger partial charge < -0.3 is 0 Å². The van der Waals surface area contributed by atoms with Crippen LogP contribution in [0.15, 0.2) is 24.3 Å². The van der Waals surface area contributed by atoms with Crippen molar-refractivity contribution in [2.45, 2.75) is 25.6 Å². The molecule has 0 amide bonds. The summed E-state index contributed by atoms with van der Waals surface area (Å²) in [6.07, 6.45) is 0. The fraction of sp³-hybridized carbons (Fsp3) is 0.286. The molecule has 0 saturated heterocycles. The van der Waals surface area contributed by atoms with Gasteiger partial charge in [0.25, 0.3) is 0 Å². The molecule has 0 N–H and O–H groups in total. The summed E-state index contributed by atoms with van der Waals surface area (Å²) in [5.74, 6) is 0. The summed E-state index contributed by atoms with van der Waals surface area (Å²) >= 11 is 11.8. The second-order valence-corrected chi connectivity index (χ2v) is 6.97. The molecular weight excluding hydrogens is 316 g/mol. The van der Waals surface area contributed by atoms with E-state index in [4.69, 9.17) is 11.6 Å². The highest BCUT2D eigenvalue weighted by Crippen LogP contribution is 2.39. The second kappa shape index (κ2) is 5.13. The summed E-state index contributed by atoms with van der Waals surface area (Å²) in [7, 11) is 0. The van der Waals surface area contributed by atoms with Crippen LogP contribution in [-0.4, -0.2) is 0 Å². The Hall–Kier alpha value is -0.310. The summed E-state index contributed by atoms with van der Waals surface area (Å²) in [6, 6.07) is 8.33. The van der Waals surface area contributed by atoms with Gasteiger partial charge in [-0.05, 0) is 49.6 Å². The Morgan fingerprint density at radius 2 is 1.88 bits per heavy atom. The number of aryl methyl sites for hydroxylation is 2. The average Bonchev–Trinajstić information content (AvgIpc) is 2.61. The van der Waals surface area contributed by atoms with E-state index < -0.39 is 0 Å². The van der Waals surface area contributed by atoms with E-state index in [9.17, 15) is 0 Å². The maximum atomic E-state index is 6.17.